The molecule has 0 saturated carbocycles. The Bertz CT molecular complexity index is 355. The lowest BCUT2D eigenvalue weighted by Crippen LogP contribution is -2.20. The molecule has 1 fully saturated rings. The van der Waals surface area contributed by atoms with E-state index in [0.717, 1.165) is 34.0 Å². The fourth-order valence-electron chi connectivity index (χ4n) is 1.86. The summed E-state index contributed by atoms with van der Waals surface area (Å²) in [4.78, 5) is 2.33. The molecule has 2 heterocycles. The Morgan fingerprint density at radius 3 is 2.93 bits per heavy atom. The number of anilines is 1. The number of nitrogens with zero attached hydrogens (tertiary/aromatic N) is 2. The standard InChI is InChI=1S/C9H15N3S2/c1-6(2)7-3-4-12(5-7)8-10-11-9(13)14-8/h6-7H,3-5H2,1-2H3,(H,11,13). The summed E-state index contributed by atoms with van der Waals surface area (Å²) in [5.74, 6) is 1.58. The van der Waals surface area contributed by atoms with Gasteiger partial charge in [-0.25, -0.2) is 0 Å². The molecule has 0 radical (unpaired) electrons. The van der Waals surface area contributed by atoms with Crippen LogP contribution in [0, 0.1) is 15.8 Å². The molecule has 1 aromatic rings. The number of aromatic nitrogens is 2. The van der Waals surface area contributed by atoms with Crippen molar-refractivity contribution in [1.29, 1.82) is 0 Å². The molecule has 0 amide bonds. The Hall–Kier alpha value is -0.420. The van der Waals surface area contributed by atoms with E-state index in [1.54, 1.807) is 11.3 Å². The Labute approximate surface area is 93.1 Å². The van der Waals surface area contributed by atoms with Crippen molar-refractivity contribution < 1.29 is 0 Å². The number of hydrogen-bond donors (Lipinski definition) is 1. The van der Waals surface area contributed by atoms with Gasteiger partial charge >= 0.3 is 0 Å². The van der Waals surface area contributed by atoms with E-state index >= 15 is 0 Å². The highest BCUT2D eigenvalue weighted by molar-refractivity contribution is 7.73. The summed E-state index contributed by atoms with van der Waals surface area (Å²) >= 11 is 6.60. The number of rotatable bonds is 2. The van der Waals surface area contributed by atoms with Crippen molar-refractivity contribution >= 4 is 28.7 Å². The summed E-state index contributed by atoms with van der Waals surface area (Å²) in [6.07, 6.45) is 1.28. The lowest BCUT2D eigenvalue weighted by Gasteiger charge is -2.16. The molecule has 2 rings (SSSR count). The molecule has 0 spiro atoms. The first-order chi connectivity index (χ1) is 6.66. The van der Waals surface area contributed by atoms with Crippen LogP contribution in [0.2, 0.25) is 0 Å². The van der Waals surface area contributed by atoms with Gasteiger partial charge in [-0.1, -0.05) is 25.2 Å². The third-order valence-electron chi connectivity index (χ3n) is 2.86. The van der Waals surface area contributed by atoms with Gasteiger partial charge in [0.2, 0.25) is 5.13 Å². The van der Waals surface area contributed by atoms with Gasteiger partial charge in [0.1, 0.15) is 0 Å². The van der Waals surface area contributed by atoms with Crippen molar-refractivity contribution in [2.45, 2.75) is 20.3 Å². The maximum atomic E-state index is 5.02. The van der Waals surface area contributed by atoms with Gasteiger partial charge in [-0.2, -0.15) is 0 Å². The van der Waals surface area contributed by atoms with Crippen LogP contribution in [0.3, 0.4) is 0 Å². The molecular weight excluding hydrogens is 214 g/mol. The van der Waals surface area contributed by atoms with Crippen LogP contribution in [0.5, 0.6) is 0 Å². The van der Waals surface area contributed by atoms with Gasteiger partial charge in [-0.3, -0.25) is 5.10 Å². The lowest BCUT2D eigenvalue weighted by molar-refractivity contribution is 0.422. The van der Waals surface area contributed by atoms with Crippen LogP contribution in [-0.4, -0.2) is 23.3 Å². The molecule has 1 aliphatic heterocycles. The van der Waals surface area contributed by atoms with Crippen molar-refractivity contribution in [3.8, 4) is 0 Å². The molecule has 14 heavy (non-hydrogen) atoms. The van der Waals surface area contributed by atoms with E-state index < -0.39 is 0 Å². The summed E-state index contributed by atoms with van der Waals surface area (Å²) in [6.45, 7) is 6.84. The monoisotopic (exact) mass is 229 g/mol. The van der Waals surface area contributed by atoms with Crippen molar-refractivity contribution in [3.63, 3.8) is 0 Å². The van der Waals surface area contributed by atoms with E-state index in [-0.39, 0.29) is 0 Å². The van der Waals surface area contributed by atoms with Crippen LogP contribution < -0.4 is 4.90 Å². The third-order valence-corrected chi connectivity index (χ3v) is 4.01. The lowest BCUT2D eigenvalue weighted by atomic mass is 9.95. The molecule has 0 aliphatic carbocycles. The van der Waals surface area contributed by atoms with Crippen LogP contribution in [0.25, 0.3) is 0 Å². The van der Waals surface area contributed by atoms with E-state index in [2.05, 4.69) is 28.9 Å². The normalized spacial score (nSPS) is 22.2. The molecule has 1 aliphatic rings. The average molecular weight is 229 g/mol. The largest absolute Gasteiger partial charge is 0.346 e. The predicted octanol–water partition coefficient (Wildman–Crippen LogP) is 2.68. The Morgan fingerprint density at radius 1 is 1.64 bits per heavy atom. The third kappa shape index (κ3) is 1.98. The highest BCUT2D eigenvalue weighted by Gasteiger charge is 2.26. The Balaban J connectivity index is 2.05. The molecule has 1 N–H and O–H groups in total. The SMILES string of the molecule is CC(C)C1CCN(c2n[nH]c(=S)s2)C1. The first-order valence-electron chi connectivity index (χ1n) is 4.97. The minimum absolute atomic E-state index is 0.770. The highest BCUT2D eigenvalue weighted by Crippen LogP contribution is 2.28. The topological polar surface area (TPSA) is 31.9 Å². The van der Waals surface area contributed by atoms with Gasteiger partial charge in [0.15, 0.2) is 3.95 Å². The maximum absolute atomic E-state index is 5.02. The fraction of sp³-hybridized carbons (Fsp3) is 0.778. The minimum atomic E-state index is 0.770. The van der Waals surface area contributed by atoms with E-state index in [9.17, 15) is 0 Å². The molecule has 1 saturated heterocycles. The molecule has 1 atom stereocenters. The average Bonchev–Trinajstić information content (AvgIpc) is 2.70. The smallest absolute Gasteiger partial charge is 0.206 e. The van der Waals surface area contributed by atoms with E-state index in [1.165, 1.54) is 6.42 Å². The molecule has 78 valence electrons. The first-order valence-corrected chi connectivity index (χ1v) is 6.19. The predicted molar refractivity (Wildman–Crippen MR) is 62.5 cm³/mol. The van der Waals surface area contributed by atoms with Crippen molar-refractivity contribution in [2.75, 3.05) is 18.0 Å². The van der Waals surface area contributed by atoms with Crippen molar-refractivity contribution in [3.05, 3.63) is 3.95 Å². The van der Waals surface area contributed by atoms with E-state index in [1.807, 2.05) is 0 Å². The second-order valence-electron chi connectivity index (χ2n) is 4.13. The van der Waals surface area contributed by atoms with Crippen LogP contribution >= 0.6 is 23.6 Å². The molecule has 3 nitrogen and oxygen atoms in total. The van der Waals surface area contributed by atoms with Gasteiger partial charge in [0.05, 0.1) is 0 Å². The van der Waals surface area contributed by atoms with Crippen molar-refractivity contribution in [1.82, 2.24) is 10.2 Å². The zero-order valence-electron chi connectivity index (χ0n) is 8.49. The van der Waals surface area contributed by atoms with Crippen molar-refractivity contribution in [2.24, 2.45) is 11.8 Å². The van der Waals surface area contributed by atoms with Gasteiger partial charge in [-0.05, 0) is 30.5 Å². The molecule has 1 unspecified atom stereocenters. The number of hydrogen-bond acceptors (Lipinski definition) is 4. The van der Waals surface area contributed by atoms with Gasteiger partial charge < -0.3 is 4.90 Å². The number of H-pyrrole nitrogens is 1. The van der Waals surface area contributed by atoms with Crippen LogP contribution in [0.1, 0.15) is 20.3 Å². The summed E-state index contributed by atoms with van der Waals surface area (Å²) in [6, 6.07) is 0. The second-order valence-corrected chi connectivity index (χ2v) is 5.78. The molecular formula is C9H15N3S2. The van der Waals surface area contributed by atoms with Gasteiger partial charge in [0.25, 0.3) is 0 Å². The van der Waals surface area contributed by atoms with Crippen LogP contribution in [-0.2, 0) is 0 Å². The maximum Gasteiger partial charge on any atom is 0.206 e. The van der Waals surface area contributed by atoms with E-state index in [4.69, 9.17) is 12.2 Å². The summed E-state index contributed by atoms with van der Waals surface area (Å²) in [7, 11) is 0. The molecule has 0 bridgehead atoms. The number of nitrogens with one attached hydrogen (secondary N) is 1. The highest BCUT2D eigenvalue weighted by atomic mass is 32.1. The summed E-state index contributed by atoms with van der Waals surface area (Å²) < 4.78 is 0.771. The molecule has 1 aromatic heterocycles. The molecule has 0 aromatic carbocycles. The van der Waals surface area contributed by atoms with Crippen LogP contribution in [0.15, 0.2) is 0 Å². The molecule has 5 heteroatoms. The summed E-state index contributed by atoms with van der Waals surface area (Å²) in [5.41, 5.74) is 0. The quantitative estimate of drug-likeness (QED) is 0.791. The van der Waals surface area contributed by atoms with E-state index in [0.29, 0.717) is 0 Å². The Kier molecular flexibility index (Phi) is 2.88. The Morgan fingerprint density at radius 2 is 2.43 bits per heavy atom. The zero-order chi connectivity index (χ0) is 10.1. The van der Waals surface area contributed by atoms with Gasteiger partial charge in [0, 0.05) is 13.1 Å². The minimum Gasteiger partial charge on any atom is -0.346 e. The van der Waals surface area contributed by atoms with Gasteiger partial charge in [-0.15, -0.1) is 5.10 Å². The second kappa shape index (κ2) is 3.98. The fourth-order valence-corrected chi connectivity index (χ4v) is 2.78. The van der Waals surface area contributed by atoms with Crippen LogP contribution in [0.4, 0.5) is 5.13 Å². The first kappa shape index (κ1) is 10.1. The zero-order valence-corrected chi connectivity index (χ0v) is 10.1. The summed E-state index contributed by atoms with van der Waals surface area (Å²) in [5, 5.41) is 8.09. The number of aromatic amines is 1.